The topological polar surface area (TPSA) is 98.3 Å². The molecule has 3 N–H and O–H groups in total. The molecule has 3 aromatic rings. The molecule has 0 saturated carbocycles. The molecule has 0 unspecified atom stereocenters. The molecule has 9 heteroatoms. The van der Waals surface area contributed by atoms with Gasteiger partial charge in [-0.25, -0.2) is 9.78 Å². The SMILES string of the molecule is CCNC(=O)N1CC2(CCn3nc(-c4cnc(N)c(O[C@@H](C)c5ccccc5Cl)c4)cc32)C1. The number of aromatic nitrogens is 3. The summed E-state index contributed by atoms with van der Waals surface area (Å²) in [5.41, 5.74) is 9.80. The molecule has 172 valence electrons. The van der Waals surface area contributed by atoms with Crippen molar-refractivity contribution in [2.45, 2.75) is 38.3 Å². The van der Waals surface area contributed by atoms with E-state index in [1.54, 1.807) is 6.20 Å². The van der Waals surface area contributed by atoms with Crippen molar-refractivity contribution < 1.29 is 9.53 Å². The molecule has 2 aliphatic rings. The minimum absolute atomic E-state index is 0.00141. The first-order valence-electron chi connectivity index (χ1n) is 11.2. The Morgan fingerprint density at radius 3 is 2.88 bits per heavy atom. The monoisotopic (exact) mass is 466 g/mol. The molecule has 4 heterocycles. The lowest BCUT2D eigenvalue weighted by atomic mass is 9.76. The predicted molar refractivity (Wildman–Crippen MR) is 127 cm³/mol. The van der Waals surface area contributed by atoms with Crippen LogP contribution >= 0.6 is 11.6 Å². The Morgan fingerprint density at radius 2 is 2.12 bits per heavy atom. The van der Waals surface area contributed by atoms with Gasteiger partial charge in [0, 0.05) is 59.6 Å². The third kappa shape index (κ3) is 3.78. The molecule has 0 aliphatic carbocycles. The Balaban J connectivity index is 1.37. The number of halogens is 1. The molecule has 1 saturated heterocycles. The number of benzene rings is 1. The zero-order valence-electron chi connectivity index (χ0n) is 18.7. The number of carbonyl (C=O) groups is 1. The van der Waals surface area contributed by atoms with Crippen LogP contribution in [0.5, 0.6) is 5.75 Å². The first-order chi connectivity index (χ1) is 15.9. The summed E-state index contributed by atoms with van der Waals surface area (Å²) in [6.45, 7) is 6.76. The summed E-state index contributed by atoms with van der Waals surface area (Å²) in [5.74, 6) is 0.811. The first kappa shape index (κ1) is 21.6. The van der Waals surface area contributed by atoms with E-state index in [4.69, 9.17) is 27.2 Å². The number of likely N-dealkylation sites (tertiary alicyclic amines) is 1. The summed E-state index contributed by atoms with van der Waals surface area (Å²) in [6, 6.07) is 11.6. The molecule has 2 aromatic heterocycles. The number of rotatable bonds is 5. The van der Waals surface area contributed by atoms with Crippen molar-refractivity contribution in [1.82, 2.24) is 25.0 Å². The number of nitrogens with one attached hydrogen (secondary N) is 1. The molecule has 1 atom stereocenters. The molecule has 1 fully saturated rings. The van der Waals surface area contributed by atoms with Gasteiger partial charge in [0.2, 0.25) is 0 Å². The number of anilines is 1. The van der Waals surface area contributed by atoms with Gasteiger partial charge in [-0.1, -0.05) is 29.8 Å². The number of carbonyl (C=O) groups excluding carboxylic acids is 1. The average molecular weight is 467 g/mol. The summed E-state index contributed by atoms with van der Waals surface area (Å²) >= 11 is 6.32. The van der Waals surface area contributed by atoms with Crippen molar-refractivity contribution in [1.29, 1.82) is 0 Å². The van der Waals surface area contributed by atoms with E-state index in [1.807, 2.05) is 53.8 Å². The molecule has 5 rings (SSSR count). The summed E-state index contributed by atoms with van der Waals surface area (Å²) < 4.78 is 8.18. The lowest BCUT2D eigenvalue weighted by Gasteiger charge is -2.47. The van der Waals surface area contributed by atoms with Gasteiger partial charge in [-0.2, -0.15) is 5.10 Å². The Hall–Kier alpha value is -3.26. The van der Waals surface area contributed by atoms with Crippen molar-refractivity contribution in [3.8, 4) is 17.0 Å². The first-order valence-corrected chi connectivity index (χ1v) is 11.6. The van der Waals surface area contributed by atoms with Crippen molar-refractivity contribution in [2.24, 2.45) is 0 Å². The number of hydrogen-bond acceptors (Lipinski definition) is 5. The normalized spacial score (nSPS) is 16.9. The fourth-order valence-corrected chi connectivity index (χ4v) is 5.05. The zero-order chi connectivity index (χ0) is 23.2. The molecule has 0 radical (unpaired) electrons. The minimum atomic E-state index is -0.288. The minimum Gasteiger partial charge on any atom is -0.482 e. The van der Waals surface area contributed by atoms with Crippen LogP contribution in [0.15, 0.2) is 42.6 Å². The molecule has 2 amide bonds. The summed E-state index contributed by atoms with van der Waals surface area (Å²) in [7, 11) is 0. The molecule has 0 bridgehead atoms. The van der Waals surface area contributed by atoms with Gasteiger partial charge < -0.3 is 20.7 Å². The summed E-state index contributed by atoms with van der Waals surface area (Å²) in [6.07, 6.45) is 2.42. The van der Waals surface area contributed by atoms with Crippen LogP contribution in [-0.4, -0.2) is 45.3 Å². The Morgan fingerprint density at radius 1 is 1.33 bits per heavy atom. The number of urea groups is 1. The average Bonchev–Trinajstić information content (AvgIpc) is 3.34. The van der Waals surface area contributed by atoms with Crippen molar-refractivity contribution in [3.05, 3.63) is 58.9 Å². The number of nitrogen functional groups attached to an aromatic ring is 1. The van der Waals surface area contributed by atoms with Crippen LogP contribution in [0, 0.1) is 0 Å². The number of aryl methyl sites for hydroxylation is 1. The van der Waals surface area contributed by atoms with E-state index in [0.717, 1.165) is 29.8 Å². The number of nitrogens with zero attached hydrogens (tertiary/aromatic N) is 4. The maximum Gasteiger partial charge on any atom is 0.317 e. The molecule has 2 aliphatic heterocycles. The van der Waals surface area contributed by atoms with Gasteiger partial charge in [0.1, 0.15) is 6.10 Å². The number of nitrogens with two attached hydrogens (primary N) is 1. The second kappa shape index (κ2) is 8.26. The molecule has 8 nitrogen and oxygen atoms in total. The van der Waals surface area contributed by atoms with E-state index in [9.17, 15) is 4.79 Å². The molecular weight excluding hydrogens is 440 g/mol. The Kier molecular flexibility index (Phi) is 5.40. The smallest absolute Gasteiger partial charge is 0.317 e. The highest BCUT2D eigenvalue weighted by Gasteiger charge is 2.51. The molecule has 1 spiro atoms. The van der Waals surface area contributed by atoms with Gasteiger partial charge >= 0.3 is 6.03 Å². The van der Waals surface area contributed by atoms with Gasteiger partial charge in [0.15, 0.2) is 11.6 Å². The third-order valence-electron chi connectivity index (χ3n) is 6.55. The molecule has 1 aromatic carbocycles. The Labute approximate surface area is 197 Å². The standard InChI is InChI=1S/C24H27ClN6O2/c1-3-27-23(32)30-13-24(14-30)8-9-31-21(24)11-19(29-31)16-10-20(22(26)28-12-16)33-15(2)17-6-4-5-7-18(17)25/h4-7,10-12,15H,3,8-9,13-14H2,1-2H3,(H2,26,28)(H,27,32)/t15-/m0/s1. The van der Waals surface area contributed by atoms with E-state index >= 15 is 0 Å². The summed E-state index contributed by atoms with van der Waals surface area (Å²) in [5, 5.41) is 8.32. The van der Waals surface area contributed by atoms with Gasteiger partial charge in [0.05, 0.1) is 5.69 Å². The number of fused-ring (bicyclic) bond motifs is 2. The second-order valence-corrected chi connectivity index (χ2v) is 9.16. The van der Waals surface area contributed by atoms with Gasteiger partial charge in [-0.15, -0.1) is 0 Å². The summed E-state index contributed by atoms with van der Waals surface area (Å²) in [4.78, 5) is 18.3. The highest BCUT2D eigenvalue weighted by Crippen LogP contribution is 2.44. The van der Waals surface area contributed by atoms with Gasteiger partial charge in [0.25, 0.3) is 0 Å². The molecular formula is C24H27ClN6O2. The van der Waals surface area contributed by atoms with E-state index in [-0.39, 0.29) is 17.6 Å². The van der Waals surface area contributed by atoms with Gasteiger partial charge in [-0.05, 0) is 38.5 Å². The number of pyridine rings is 1. The van der Waals surface area contributed by atoms with E-state index in [1.165, 1.54) is 5.69 Å². The van der Waals surface area contributed by atoms with Crippen LogP contribution in [0.1, 0.15) is 37.6 Å². The van der Waals surface area contributed by atoms with Crippen molar-refractivity contribution >= 4 is 23.4 Å². The van der Waals surface area contributed by atoms with Crippen LogP contribution < -0.4 is 15.8 Å². The maximum absolute atomic E-state index is 12.1. The lowest BCUT2D eigenvalue weighted by Crippen LogP contribution is -2.62. The predicted octanol–water partition coefficient (Wildman–Crippen LogP) is 4.01. The van der Waals surface area contributed by atoms with Crippen LogP contribution in [-0.2, 0) is 12.0 Å². The van der Waals surface area contributed by atoms with Gasteiger partial charge in [-0.3, -0.25) is 4.68 Å². The van der Waals surface area contributed by atoms with Crippen LogP contribution in [0.2, 0.25) is 5.02 Å². The largest absolute Gasteiger partial charge is 0.482 e. The third-order valence-corrected chi connectivity index (χ3v) is 6.90. The fourth-order valence-electron chi connectivity index (χ4n) is 4.76. The van der Waals surface area contributed by atoms with Crippen LogP contribution in [0.3, 0.4) is 0 Å². The van der Waals surface area contributed by atoms with Crippen molar-refractivity contribution in [2.75, 3.05) is 25.4 Å². The zero-order valence-corrected chi connectivity index (χ0v) is 19.5. The quantitative estimate of drug-likeness (QED) is 0.592. The maximum atomic E-state index is 12.1. The number of amides is 2. The Bertz CT molecular complexity index is 1200. The van der Waals surface area contributed by atoms with Crippen molar-refractivity contribution in [3.63, 3.8) is 0 Å². The van der Waals surface area contributed by atoms with E-state index < -0.39 is 0 Å². The highest BCUT2D eigenvalue weighted by atomic mass is 35.5. The number of ether oxygens (including phenoxy) is 1. The number of hydrogen-bond donors (Lipinski definition) is 2. The highest BCUT2D eigenvalue weighted by molar-refractivity contribution is 6.31. The molecule has 33 heavy (non-hydrogen) atoms. The van der Waals surface area contributed by atoms with E-state index in [0.29, 0.717) is 36.2 Å². The fraction of sp³-hybridized carbons (Fsp3) is 0.375. The van der Waals surface area contributed by atoms with E-state index in [2.05, 4.69) is 16.4 Å². The lowest BCUT2D eigenvalue weighted by molar-refractivity contribution is 0.0925. The van der Waals surface area contributed by atoms with Crippen LogP contribution in [0.4, 0.5) is 10.6 Å². The van der Waals surface area contributed by atoms with Crippen LogP contribution in [0.25, 0.3) is 11.3 Å². The second-order valence-electron chi connectivity index (χ2n) is 8.75.